The van der Waals surface area contributed by atoms with Gasteiger partial charge in [-0.2, -0.15) is 0 Å². The number of fused-ring (bicyclic) bond motifs is 3. The smallest absolute Gasteiger partial charge is 0.336 e. The van der Waals surface area contributed by atoms with Crippen molar-refractivity contribution in [3.63, 3.8) is 0 Å². The second-order valence-electron chi connectivity index (χ2n) is 3.70. The maximum absolute atomic E-state index is 11.1. The van der Waals surface area contributed by atoms with E-state index in [9.17, 15) is 4.79 Å². The molecule has 4 heteroatoms. The van der Waals surface area contributed by atoms with Gasteiger partial charge in [-0.05, 0) is 18.2 Å². The highest BCUT2D eigenvalue weighted by Gasteiger charge is 2.12. The molecule has 0 radical (unpaired) electrons. The SMILES string of the molecule is Cl.O=C(O)c1cccc2[nH]c3ccccc3c12. The van der Waals surface area contributed by atoms with Gasteiger partial charge in [0, 0.05) is 21.8 Å². The number of nitrogens with one attached hydrogen (secondary N) is 1. The zero-order chi connectivity index (χ0) is 11.1. The van der Waals surface area contributed by atoms with Crippen LogP contribution >= 0.6 is 12.4 Å². The first-order valence-corrected chi connectivity index (χ1v) is 5.00. The van der Waals surface area contributed by atoms with Crippen molar-refractivity contribution < 1.29 is 9.90 Å². The maximum atomic E-state index is 11.1. The molecule has 0 saturated carbocycles. The lowest BCUT2D eigenvalue weighted by molar-refractivity contribution is 0.0699. The number of aromatic carboxylic acids is 1. The maximum Gasteiger partial charge on any atom is 0.336 e. The second-order valence-corrected chi connectivity index (χ2v) is 3.70. The Balaban J connectivity index is 0.00000108. The van der Waals surface area contributed by atoms with Crippen LogP contribution in [0, 0.1) is 0 Å². The van der Waals surface area contributed by atoms with Crippen LogP contribution in [0.5, 0.6) is 0 Å². The van der Waals surface area contributed by atoms with Gasteiger partial charge in [0.15, 0.2) is 0 Å². The number of para-hydroxylation sites is 1. The van der Waals surface area contributed by atoms with Crippen molar-refractivity contribution in [3.05, 3.63) is 48.0 Å². The number of carbonyl (C=O) groups is 1. The number of carboxylic acids is 1. The first kappa shape index (κ1) is 11.5. The standard InChI is InChI=1S/C13H9NO2.ClH/c15-13(16)9-5-3-7-11-12(9)8-4-1-2-6-10(8)14-11;/h1-7,14H,(H,15,16);1H. The van der Waals surface area contributed by atoms with Gasteiger partial charge in [0.25, 0.3) is 0 Å². The molecule has 3 aromatic rings. The summed E-state index contributed by atoms with van der Waals surface area (Å²) in [5, 5.41) is 10.9. The summed E-state index contributed by atoms with van der Waals surface area (Å²) in [5.74, 6) is -0.893. The summed E-state index contributed by atoms with van der Waals surface area (Å²) >= 11 is 0. The molecule has 2 aromatic carbocycles. The third-order valence-electron chi connectivity index (χ3n) is 2.76. The van der Waals surface area contributed by atoms with E-state index in [4.69, 9.17) is 5.11 Å². The van der Waals surface area contributed by atoms with Crippen molar-refractivity contribution in [2.45, 2.75) is 0 Å². The fourth-order valence-corrected chi connectivity index (χ4v) is 2.08. The van der Waals surface area contributed by atoms with Gasteiger partial charge in [0.2, 0.25) is 0 Å². The van der Waals surface area contributed by atoms with Gasteiger partial charge in [0.1, 0.15) is 0 Å². The van der Waals surface area contributed by atoms with Crippen LogP contribution in [-0.4, -0.2) is 16.1 Å². The Morgan fingerprint density at radius 1 is 1.00 bits per heavy atom. The van der Waals surface area contributed by atoms with Gasteiger partial charge in [-0.3, -0.25) is 0 Å². The normalized spacial score (nSPS) is 10.4. The number of H-pyrrole nitrogens is 1. The molecule has 0 fully saturated rings. The van der Waals surface area contributed by atoms with Crippen LogP contribution in [0.25, 0.3) is 21.8 Å². The van der Waals surface area contributed by atoms with E-state index in [2.05, 4.69) is 4.98 Å². The first-order valence-electron chi connectivity index (χ1n) is 5.00. The Bertz CT molecular complexity index is 703. The fraction of sp³-hybridized carbons (Fsp3) is 0. The average Bonchev–Trinajstić information content (AvgIpc) is 2.66. The topological polar surface area (TPSA) is 53.1 Å². The predicted octanol–water partition coefficient (Wildman–Crippen LogP) is 3.44. The summed E-state index contributed by atoms with van der Waals surface area (Å²) in [7, 11) is 0. The summed E-state index contributed by atoms with van der Waals surface area (Å²) < 4.78 is 0. The third kappa shape index (κ3) is 1.65. The molecule has 0 atom stereocenters. The van der Waals surface area contributed by atoms with Crippen LogP contribution in [0.3, 0.4) is 0 Å². The van der Waals surface area contributed by atoms with Crippen LogP contribution in [0.4, 0.5) is 0 Å². The minimum Gasteiger partial charge on any atom is -0.478 e. The number of hydrogen-bond acceptors (Lipinski definition) is 1. The zero-order valence-corrected chi connectivity index (χ0v) is 9.62. The molecule has 1 aromatic heterocycles. The van der Waals surface area contributed by atoms with E-state index in [1.54, 1.807) is 12.1 Å². The highest BCUT2D eigenvalue weighted by molar-refractivity contribution is 6.16. The molecule has 3 nitrogen and oxygen atoms in total. The Labute approximate surface area is 103 Å². The van der Waals surface area contributed by atoms with E-state index < -0.39 is 5.97 Å². The van der Waals surface area contributed by atoms with Gasteiger partial charge in [-0.15, -0.1) is 12.4 Å². The van der Waals surface area contributed by atoms with Crippen molar-refractivity contribution in [2.75, 3.05) is 0 Å². The molecule has 86 valence electrons. The van der Waals surface area contributed by atoms with E-state index in [0.717, 1.165) is 21.8 Å². The van der Waals surface area contributed by atoms with Crippen molar-refractivity contribution in [3.8, 4) is 0 Å². The molecular formula is C13H10ClNO2. The van der Waals surface area contributed by atoms with Crippen LogP contribution in [0.15, 0.2) is 42.5 Å². The molecule has 2 N–H and O–H groups in total. The summed E-state index contributed by atoms with van der Waals surface area (Å²) in [5.41, 5.74) is 2.17. The molecule has 0 amide bonds. The van der Waals surface area contributed by atoms with Crippen molar-refractivity contribution in [1.29, 1.82) is 0 Å². The summed E-state index contributed by atoms with van der Waals surface area (Å²) in [4.78, 5) is 14.4. The summed E-state index contributed by atoms with van der Waals surface area (Å²) in [6.45, 7) is 0. The Morgan fingerprint density at radius 2 is 1.71 bits per heavy atom. The first-order chi connectivity index (χ1) is 7.77. The van der Waals surface area contributed by atoms with Gasteiger partial charge < -0.3 is 10.1 Å². The number of aromatic nitrogens is 1. The highest BCUT2D eigenvalue weighted by atomic mass is 35.5. The second kappa shape index (κ2) is 4.11. The van der Waals surface area contributed by atoms with Gasteiger partial charge in [-0.1, -0.05) is 24.3 Å². The molecule has 17 heavy (non-hydrogen) atoms. The molecule has 0 aliphatic heterocycles. The minimum atomic E-state index is -0.893. The van der Waals surface area contributed by atoms with Crippen molar-refractivity contribution in [1.82, 2.24) is 4.98 Å². The van der Waals surface area contributed by atoms with Crippen LogP contribution in [0.1, 0.15) is 10.4 Å². The quantitative estimate of drug-likeness (QED) is 0.692. The van der Waals surface area contributed by atoms with Gasteiger partial charge >= 0.3 is 5.97 Å². The van der Waals surface area contributed by atoms with Crippen LogP contribution in [-0.2, 0) is 0 Å². The lowest BCUT2D eigenvalue weighted by Crippen LogP contribution is -1.96. The van der Waals surface area contributed by atoms with E-state index in [1.807, 2.05) is 30.3 Å². The van der Waals surface area contributed by atoms with E-state index in [0.29, 0.717) is 5.56 Å². The molecule has 3 rings (SSSR count). The Hall–Kier alpha value is -2.00. The molecule has 0 saturated heterocycles. The molecular weight excluding hydrogens is 238 g/mol. The van der Waals surface area contributed by atoms with Crippen molar-refractivity contribution in [2.24, 2.45) is 0 Å². The molecule has 0 unspecified atom stereocenters. The molecule has 0 spiro atoms. The fourth-order valence-electron chi connectivity index (χ4n) is 2.08. The molecule has 0 aliphatic rings. The largest absolute Gasteiger partial charge is 0.478 e. The van der Waals surface area contributed by atoms with Crippen LogP contribution < -0.4 is 0 Å². The number of rotatable bonds is 1. The molecule has 0 bridgehead atoms. The lowest BCUT2D eigenvalue weighted by atomic mass is 10.1. The lowest BCUT2D eigenvalue weighted by Gasteiger charge is -1.97. The monoisotopic (exact) mass is 247 g/mol. The minimum absolute atomic E-state index is 0. The summed E-state index contributed by atoms with van der Waals surface area (Å²) in [6, 6.07) is 13.0. The van der Waals surface area contributed by atoms with Gasteiger partial charge in [0.05, 0.1) is 5.56 Å². The van der Waals surface area contributed by atoms with Gasteiger partial charge in [-0.25, -0.2) is 4.79 Å². The van der Waals surface area contributed by atoms with Crippen molar-refractivity contribution >= 4 is 40.2 Å². The van der Waals surface area contributed by atoms with E-state index in [-0.39, 0.29) is 12.4 Å². The number of carboxylic acid groups (broad SMARTS) is 1. The molecule has 0 aliphatic carbocycles. The number of aromatic amines is 1. The van der Waals surface area contributed by atoms with E-state index >= 15 is 0 Å². The summed E-state index contributed by atoms with van der Waals surface area (Å²) in [6.07, 6.45) is 0. The zero-order valence-electron chi connectivity index (χ0n) is 8.81. The number of hydrogen-bond donors (Lipinski definition) is 2. The molecule has 1 heterocycles. The number of halogens is 1. The van der Waals surface area contributed by atoms with Crippen LogP contribution in [0.2, 0.25) is 0 Å². The average molecular weight is 248 g/mol. The highest BCUT2D eigenvalue weighted by Crippen LogP contribution is 2.28. The Kier molecular flexibility index (Phi) is 2.77. The number of benzene rings is 2. The Morgan fingerprint density at radius 3 is 2.47 bits per heavy atom. The third-order valence-corrected chi connectivity index (χ3v) is 2.76. The predicted molar refractivity (Wildman–Crippen MR) is 70.0 cm³/mol. The van der Waals surface area contributed by atoms with E-state index in [1.165, 1.54) is 0 Å².